The third-order valence-corrected chi connectivity index (χ3v) is 7.12. The summed E-state index contributed by atoms with van der Waals surface area (Å²) in [5.74, 6) is 1.16. The SMILES string of the molecule is CCn1c(CNC(=O)C2CC3CCCCC3N2C(=O)c2ccccc2)nc2ccccc21. The van der Waals surface area contributed by atoms with Crippen molar-refractivity contribution in [3.05, 3.63) is 66.0 Å². The number of aromatic nitrogens is 2. The first-order valence-corrected chi connectivity index (χ1v) is 11.8. The third kappa shape index (κ3) is 3.68. The van der Waals surface area contributed by atoms with E-state index in [4.69, 9.17) is 4.98 Å². The molecule has 0 spiro atoms. The summed E-state index contributed by atoms with van der Waals surface area (Å²) in [4.78, 5) is 33.4. The lowest BCUT2D eigenvalue weighted by molar-refractivity contribution is -0.125. The Morgan fingerprint density at radius 3 is 2.59 bits per heavy atom. The van der Waals surface area contributed by atoms with Gasteiger partial charge in [-0.25, -0.2) is 4.98 Å². The minimum Gasteiger partial charge on any atom is -0.347 e. The molecule has 2 aromatic carbocycles. The molecule has 32 heavy (non-hydrogen) atoms. The van der Waals surface area contributed by atoms with E-state index in [1.807, 2.05) is 53.4 Å². The second-order valence-corrected chi connectivity index (χ2v) is 8.92. The first kappa shape index (κ1) is 20.7. The van der Waals surface area contributed by atoms with Crippen LogP contribution in [0.4, 0.5) is 0 Å². The van der Waals surface area contributed by atoms with Crippen LogP contribution in [0.5, 0.6) is 0 Å². The minimum atomic E-state index is -0.421. The molecule has 3 atom stereocenters. The van der Waals surface area contributed by atoms with E-state index in [-0.39, 0.29) is 17.9 Å². The summed E-state index contributed by atoms with van der Waals surface area (Å²) < 4.78 is 2.14. The van der Waals surface area contributed by atoms with Gasteiger partial charge in [-0.3, -0.25) is 9.59 Å². The summed E-state index contributed by atoms with van der Waals surface area (Å²) in [6, 6.07) is 17.1. The van der Waals surface area contributed by atoms with Crippen molar-refractivity contribution < 1.29 is 9.59 Å². The Kier molecular flexibility index (Phi) is 5.68. The highest BCUT2D eigenvalue weighted by Crippen LogP contribution is 2.40. The summed E-state index contributed by atoms with van der Waals surface area (Å²) in [5, 5.41) is 3.11. The van der Waals surface area contributed by atoms with Crippen LogP contribution < -0.4 is 5.32 Å². The molecule has 1 aliphatic carbocycles. The van der Waals surface area contributed by atoms with E-state index < -0.39 is 6.04 Å². The summed E-state index contributed by atoms with van der Waals surface area (Å²) in [7, 11) is 0. The molecule has 2 heterocycles. The quantitative estimate of drug-likeness (QED) is 0.661. The molecule has 6 heteroatoms. The normalized spacial score (nSPS) is 22.7. The van der Waals surface area contributed by atoms with Crippen LogP contribution in [0.2, 0.25) is 0 Å². The molecule has 0 bridgehead atoms. The van der Waals surface area contributed by atoms with Crippen molar-refractivity contribution >= 4 is 22.8 Å². The predicted molar refractivity (Wildman–Crippen MR) is 124 cm³/mol. The highest BCUT2D eigenvalue weighted by Gasteiger charge is 2.47. The maximum Gasteiger partial charge on any atom is 0.254 e. The molecule has 2 fully saturated rings. The van der Waals surface area contributed by atoms with Gasteiger partial charge in [0.15, 0.2) is 0 Å². The Balaban J connectivity index is 1.37. The van der Waals surface area contributed by atoms with Crippen LogP contribution in [0.25, 0.3) is 11.0 Å². The number of benzene rings is 2. The van der Waals surface area contributed by atoms with Crippen molar-refractivity contribution in [2.75, 3.05) is 0 Å². The average molecular weight is 431 g/mol. The van der Waals surface area contributed by atoms with Crippen LogP contribution >= 0.6 is 0 Å². The fraction of sp³-hybridized carbons (Fsp3) is 0.423. The first-order valence-electron chi connectivity index (χ1n) is 11.8. The lowest BCUT2D eigenvalue weighted by Crippen LogP contribution is -2.49. The number of para-hydroxylation sites is 2. The first-order chi connectivity index (χ1) is 15.7. The zero-order chi connectivity index (χ0) is 22.1. The van der Waals surface area contributed by atoms with E-state index in [1.165, 1.54) is 6.42 Å². The predicted octanol–water partition coefficient (Wildman–Crippen LogP) is 4.15. The van der Waals surface area contributed by atoms with Crippen LogP contribution in [0.15, 0.2) is 54.6 Å². The van der Waals surface area contributed by atoms with Gasteiger partial charge in [0.25, 0.3) is 5.91 Å². The minimum absolute atomic E-state index is 0.0269. The van der Waals surface area contributed by atoms with Gasteiger partial charge in [0.1, 0.15) is 11.9 Å². The van der Waals surface area contributed by atoms with Gasteiger partial charge in [0, 0.05) is 18.2 Å². The van der Waals surface area contributed by atoms with Gasteiger partial charge in [-0.15, -0.1) is 0 Å². The van der Waals surface area contributed by atoms with E-state index in [2.05, 4.69) is 22.9 Å². The van der Waals surface area contributed by atoms with Gasteiger partial charge >= 0.3 is 0 Å². The molecule has 166 valence electrons. The highest BCUT2D eigenvalue weighted by atomic mass is 16.2. The molecular formula is C26H30N4O2. The van der Waals surface area contributed by atoms with E-state index in [1.54, 1.807) is 0 Å². The van der Waals surface area contributed by atoms with Crippen LogP contribution in [-0.4, -0.2) is 38.3 Å². The molecule has 1 saturated carbocycles. The summed E-state index contributed by atoms with van der Waals surface area (Å²) in [6.07, 6.45) is 5.13. The van der Waals surface area contributed by atoms with Gasteiger partial charge in [0.2, 0.25) is 5.91 Å². The number of nitrogens with one attached hydrogen (secondary N) is 1. The zero-order valence-electron chi connectivity index (χ0n) is 18.5. The average Bonchev–Trinajstić information content (AvgIpc) is 3.40. The van der Waals surface area contributed by atoms with Crippen LogP contribution in [-0.2, 0) is 17.9 Å². The zero-order valence-corrected chi connectivity index (χ0v) is 18.5. The number of likely N-dealkylation sites (tertiary alicyclic amines) is 1. The number of nitrogens with zero attached hydrogens (tertiary/aromatic N) is 3. The van der Waals surface area contributed by atoms with E-state index >= 15 is 0 Å². The second kappa shape index (κ2) is 8.77. The standard InChI is InChI=1S/C26H30N4O2/c1-2-29-22-15-9-7-13-20(22)28-24(29)17-27-25(31)23-16-19-12-6-8-14-21(19)30(23)26(32)18-10-4-3-5-11-18/h3-5,7,9-11,13,15,19,21,23H,2,6,8,12,14,16-17H2,1H3,(H,27,31). The molecule has 1 saturated heterocycles. The Hall–Kier alpha value is -3.15. The van der Waals surface area contributed by atoms with E-state index in [9.17, 15) is 9.59 Å². The summed E-state index contributed by atoms with van der Waals surface area (Å²) in [5.41, 5.74) is 2.67. The fourth-order valence-electron chi connectivity index (χ4n) is 5.61. The lowest BCUT2D eigenvalue weighted by Gasteiger charge is -2.33. The van der Waals surface area contributed by atoms with Gasteiger partial charge in [-0.2, -0.15) is 0 Å². The Labute approximate surface area is 188 Å². The molecule has 1 aliphatic heterocycles. The fourth-order valence-corrected chi connectivity index (χ4v) is 5.61. The van der Waals surface area contributed by atoms with Gasteiger partial charge in [0.05, 0.1) is 17.6 Å². The third-order valence-electron chi connectivity index (χ3n) is 7.12. The van der Waals surface area contributed by atoms with Gasteiger partial charge in [-0.05, 0) is 56.4 Å². The number of carbonyl (C=O) groups excluding carboxylic acids is 2. The number of hydrogen-bond acceptors (Lipinski definition) is 3. The second-order valence-electron chi connectivity index (χ2n) is 8.92. The molecule has 2 amide bonds. The van der Waals surface area contributed by atoms with Crippen LogP contribution in [0.3, 0.4) is 0 Å². The van der Waals surface area contributed by atoms with Crippen molar-refractivity contribution in [2.45, 2.75) is 64.2 Å². The van der Waals surface area contributed by atoms with Crippen molar-refractivity contribution in [1.82, 2.24) is 19.8 Å². The molecule has 1 N–H and O–H groups in total. The number of imidazole rings is 1. The van der Waals surface area contributed by atoms with Gasteiger partial charge in [-0.1, -0.05) is 43.2 Å². The van der Waals surface area contributed by atoms with Crippen molar-refractivity contribution in [3.8, 4) is 0 Å². The number of rotatable bonds is 5. The Bertz CT molecular complexity index is 1120. The number of amides is 2. The number of carbonyl (C=O) groups is 2. The van der Waals surface area contributed by atoms with Crippen molar-refractivity contribution in [1.29, 1.82) is 0 Å². The largest absolute Gasteiger partial charge is 0.347 e. The summed E-state index contributed by atoms with van der Waals surface area (Å²) >= 11 is 0. The van der Waals surface area contributed by atoms with Crippen molar-refractivity contribution in [3.63, 3.8) is 0 Å². The number of aryl methyl sites for hydroxylation is 1. The monoisotopic (exact) mass is 430 g/mol. The number of fused-ring (bicyclic) bond motifs is 2. The number of hydrogen-bond donors (Lipinski definition) is 1. The molecule has 3 unspecified atom stereocenters. The lowest BCUT2D eigenvalue weighted by atomic mass is 9.84. The molecule has 5 rings (SSSR count). The van der Waals surface area contributed by atoms with Gasteiger partial charge < -0.3 is 14.8 Å². The van der Waals surface area contributed by atoms with Crippen LogP contribution in [0.1, 0.15) is 55.2 Å². The molecule has 1 aromatic heterocycles. The topological polar surface area (TPSA) is 67.2 Å². The highest BCUT2D eigenvalue weighted by molar-refractivity contribution is 5.98. The molecule has 6 nitrogen and oxygen atoms in total. The van der Waals surface area contributed by atoms with E-state index in [0.717, 1.165) is 49.1 Å². The Morgan fingerprint density at radius 1 is 1.03 bits per heavy atom. The van der Waals surface area contributed by atoms with Crippen molar-refractivity contribution in [2.24, 2.45) is 5.92 Å². The smallest absolute Gasteiger partial charge is 0.254 e. The molecule has 2 aliphatic rings. The maximum absolute atomic E-state index is 13.4. The summed E-state index contributed by atoms with van der Waals surface area (Å²) in [6.45, 7) is 3.24. The molecular weight excluding hydrogens is 400 g/mol. The molecule has 3 aromatic rings. The maximum atomic E-state index is 13.4. The Morgan fingerprint density at radius 2 is 1.78 bits per heavy atom. The molecule has 0 radical (unpaired) electrons. The van der Waals surface area contributed by atoms with Crippen LogP contribution in [0, 0.1) is 5.92 Å². The van der Waals surface area contributed by atoms with E-state index in [0.29, 0.717) is 18.0 Å².